The molecule has 0 radical (unpaired) electrons. The number of hydrogen-bond donors (Lipinski definition) is 1. The number of imidazole rings is 1. The first kappa shape index (κ1) is 19.6. The highest BCUT2D eigenvalue weighted by atomic mass is 35.5. The van der Waals surface area contributed by atoms with Gasteiger partial charge < -0.3 is 14.6 Å². The Morgan fingerprint density at radius 1 is 1.28 bits per heavy atom. The van der Waals surface area contributed by atoms with Crippen LogP contribution >= 0.6 is 11.6 Å². The van der Waals surface area contributed by atoms with E-state index in [1.807, 2.05) is 6.07 Å². The summed E-state index contributed by atoms with van der Waals surface area (Å²) in [6, 6.07) is 11.2. The van der Waals surface area contributed by atoms with E-state index >= 15 is 0 Å². The number of rotatable bonds is 4. The fourth-order valence-electron chi connectivity index (χ4n) is 3.68. The molecule has 0 fully saturated rings. The summed E-state index contributed by atoms with van der Waals surface area (Å²) in [7, 11) is 2.06. The predicted octanol–water partition coefficient (Wildman–Crippen LogP) is 4.46. The highest BCUT2D eigenvalue weighted by Gasteiger charge is 2.27. The van der Waals surface area contributed by atoms with Crippen molar-refractivity contribution in [3.63, 3.8) is 0 Å². The summed E-state index contributed by atoms with van der Waals surface area (Å²) >= 11 is 4.74. The zero-order chi connectivity index (χ0) is 20.8. The molecular formula is C20H19ClF2N4O2. The first-order valence-corrected chi connectivity index (χ1v) is 9.44. The van der Waals surface area contributed by atoms with Crippen molar-refractivity contribution >= 4 is 34.2 Å². The number of nitrogens with zero attached hydrogens (tertiary/aromatic N) is 3. The number of carbonyl (C=O) groups excluding carboxylic acids is 1. The molecule has 1 atom stereocenters. The van der Waals surface area contributed by atoms with E-state index in [9.17, 15) is 13.6 Å². The molecule has 0 bridgehead atoms. The lowest BCUT2D eigenvalue weighted by atomic mass is 10.1. The van der Waals surface area contributed by atoms with E-state index < -0.39 is 5.57 Å². The average Bonchev–Trinajstić information content (AvgIpc) is 2.99. The Morgan fingerprint density at radius 2 is 2.00 bits per heavy atom. The van der Waals surface area contributed by atoms with Crippen molar-refractivity contribution in [3.8, 4) is 5.75 Å². The van der Waals surface area contributed by atoms with E-state index in [0.717, 1.165) is 29.9 Å². The SMILES string of the molecule is CC1CN(C)Cc2nc3cc(C(=O)Nc4ccc(OC(F)(F)Cl)cc4)ccc3n21. The smallest absolute Gasteiger partial charge is 0.420 e. The van der Waals surface area contributed by atoms with Gasteiger partial charge in [0.25, 0.3) is 5.91 Å². The lowest BCUT2D eigenvalue weighted by molar-refractivity contribution is -0.0964. The van der Waals surface area contributed by atoms with Gasteiger partial charge in [0.1, 0.15) is 11.6 Å². The molecule has 152 valence electrons. The van der Waals surface area contributed by atoms with Gasteiger partial charge in [0, 0.05) is 35.4 Å². The second-order valence-corrected chi connectivity index (χ2v) is 7.61. The highest BCUT2D eigenvalue weighted by Crippen LogP contribution is 2.28. The third kappa shape index (κ3) is 4.18. The van der Waals surface area contributed by atoms with Crippen molar-refractivity contribution < 1.29 is 18.3 Å². The Kier molecular flexibility index (Phi) is 4.92. The van der Waals surface area contributed by atoms with Crippen LogP contribution in [0.4, 0.5) is 14.5 Å². The maximum absolute atomic E-state index is 12.7. The van der Waals surface area contributed by atoms with Gasteiger partial charge in [0.15, 0.2) is 0 Å². The molecule has 6 nitrogen and oxygen atoms in total. The van der Waals surface area contributed by atoms with Gasteiger partial charge in [0.2, 0.25) is 0 Å². The Morgan fingerprint density at radius 3 is 2.69 bits per heavy atom. The minimum atomic E-state index is -3.78. The lowest BCUT2D eigenvalue weighted by Gasteiger charge is -2.29. The zero-order valence-corrected chi connectivity index (χ0v) is 16.6. The molecular weight excluding hydrogens is 402 g/mol. The van der Waals surface area contributed by atoms with E-state index in [1.165, 1.54) is 24.3 Å². The molecule has 0 saturated heterocycles. The number of halogens is 3. The summed E-state index contributed by atoms with van der Waals surface area (Å²) in [6.07, 6.45) is 0. The number of alkyl halides is 3. The molecule has 0 spiro atoms. The molecule has 0 saturated carbocycles. The summed E-state index contributed by atoms with van der Waals surface area (Å²) in [5.41, 5.74) is -1.11. The molecule has 9 heteroatoms. The number of ether oxygens (including phenoxy) is 1. The van der Waals surface area contributed by atoms with Crippen LogP contribution in [0.2, 0.25) is 0 Å². The molecule has 29 heavy (non-hydrogen) atoms. The molecule has 1 aromatic heterocycles. The number of anilines is 1. The van der Waals surface area contributed by atoms with Gasteiger partial charge in [-0.2, -0.15) is 0 Å². The fourth-order valence-corrected chi connectivity index (χ4v) is 3.76. The van der Waals surface area contributed by atoms with Gasteiger partial charge in [-0.3, -0.25) is 9.69 Å². The van der Waals surface area contributed by atoms with Crippen LogP contribution in [-0.4, -0.2) is 39.5 Å². The van der Waals surface area contributed by atoms with Crippen LogP contribution < -0.4 is 10.1 Å². The van der Waals surface area contributed by atoms with E-state index in [4.69, 9.17) is 16.6 Å². The molecule has 4 rings (SSSR count). The third-order valence-corrected chi connectivity index (χ3v) is 4.88. The summed E-state index contributed by atoms with van der Waals surface area (Å²) in [5.74, 6) is 0.553. The monoisotopic (exact) mass is 420 g/mol. The number of nitrogens with one attached hydrogen (secondary N) is 1. The van der Waals surface area contributed by atoms with E-state index in [0.29, 0.717) is 17.3 Å². The van der Waals surface area contributed by atoms with Crippen molar-refractivity contribution in [1.29, 1.82) is 0 Å². The van der Waals surface area contributed by atoms with Gasteiger partial charge in [0.05, 0.1) is 17.6 Å². The summed E-state index contributed by atoms with van der Waals surface area (Å²) in [4.78, 5) is 19.5. The largest absolute Gasteiger partial charge is 0.487 e. The molecule has 2 heterocycles. The Bertz CT molecular complexity index is 1060. The van der Waals surface area contributed by atoms with Crippen molar-refractivity contribution in [2.24, 2.45) is 0 Å². The van der Waals surface area contributed by atoms with E-state index in [2.05, 4.69) is 33.5 Å². The first-order chi connectivity index (χ1) is 13.7. The normalized spacial score (nSPS) is 17.2. The van der Waals surface area contributed by atoms with E-state index in [1.54, 1.807) is 12.1 Å². The molecule has 3 aromatic rings. The molecule has 1 unspecified atom stereocenters. The van der Waals surface area contributed by atoms with Gasteiger partial charge in [-0.05, 0) is 56.4 Å². The van der Waals surface area contributed by atoms with Crippen molar-refractivity contribution in [2.45, 2.75) is 25.1 Å². The van der Waals surface area contributed by atoms with Crippen molar-refractivity contribution in [1.82, 2.24) is 14.5 Å². The maximum atomic E-state index is 12.7. The molecule has 1 amide bonds. The Hall–Kier alpha value is -2.71. The predicted molar refractivity (Wildman–Crippen MR) is 107 cm³/mol. The third-order valence-electron chi connectivity index (χ3n) is 4.80. The fraction of sp³-hybridized carbons (Fsp3) is 0.300. The number of hydrogen-bond acceptors (Lipinski definition) is 4. The van der Waals surface area contributed by atoms with Crippen LogP contribution in [0, 0.1) is 0 Å². The molecule has 1 aliphatic rings. The van der Waals surface area contributed by atoms with Crippen LogP contribution in [-0.2, 0) is 6.54 Å². The number of benzene rings is 2. The van der Waals surface area contributed by atoms with Crippen molar-refractivity contribution in [3.05, 3.63) is 53.9 Å². The molecule has 0 aliphatic carbocycles. The molecule has 1 N–H and O–H groups in total. The number of amides is 1. The van der Waals surface area contributed by atoms with Crippen LogP contribution in [0.1, 0.15) is 29.1 Å². The summed E-state index contributed by atoms with van der Waals surface area (Å²) in [6.45, 7) is 3.85. The minimum Gasteiger partial charge on any atom is -0.420 e. The van der Waals surface area contributed by atoms with Gasteiger partial charge in [-0.1, -0.05) is 0 Å². The minimum absolute atomic E-state index is 0.105. The van der Waals surface area contributed by atoms with Gasteiger partial charge >= 0.3 is 5.57 Å². The molecule has 1 aliphatic heterocycles. The number of likely N-dealkylation sites (N-methyl/N-ethyl adjacent to an activating group) is 1. The average molecular weight is 421 g/mol. The maximum Gasteiger partial charge on any atom is 0.487 e. The standard InChI is InChI=1S/C20H19ClF2N4O2/c1-12-10-26(2)11-18-25-16-9-13(3-8-17(16)27(12)18)19(28)24-14-4-6-15(7-5-14)29-20(21,22)23/h3-9,12H,10-11H2,1-2H3,(H,24,28). The lowest BCUT2D eigenvalue weighted by Crippen LogP contribution is -2.33. The summed E-state index contributed by atoms with van der Waals surface area (Å²) < 4.78 is 31.8. The van der Waals surface area contributed by atoms with Crippen LogP contribution in [0.5, 0.6) is 5.75 Å². The number of carbonyl (C=O) groups is 1. The second kappa shape index (κ2) is 7.27. The van der Waals surface area contributed by atoms with Crippen molar-refractivity contribution in [2.75, 3.05) is 18.9 Å². The summed E-state index contributed by atoms with van der Waals surface area (Å²) in [5, 5.41) is 2.73. The Balaban J connectivity index is 1.53. The van der Waals surface area contributed by atoms with Crippen LogP contribution in [0.15, 0.2) is 42.5 Å². The van der Waals surface area contributed by atoms with Gasteiger partial charge in [-0.25, -0.2) is 4.98 Å². The quantitative estimate of drug-likeness (QED) is 0.633. The van der Waals surface area contributed by atoms with E-state index in [-0.39, 0.29) is 11.7 Å². The topological polar surface area (TPSA) is 59.4 Å². The zero-order valence-electron chi connectivity index (χ0n) is 15.8. The van der Waals surface area contributed by atoms with Crippen LogP contribution in [0.25, 0.3) is 11.0 Å². The van der Waals surface area contributed by atoms with Gasteiger partial charge in [-0.15, -0.1) is 8.78 Å². The number of fused-ring (bicyclic) bond motifs is 3. The highest BCUT2D eigenvalue weighted by molar-refractivity contribution is 6.20. The van der Waals surface area contributed by atoms with Crippen LogP contribution in [0.3, 0.4) is 0 Å². The molecule has 2 aromatic carbocycles. The number of aromatic nitrogens is 2. The Labute approximate surface area is 171 Å². The first-order valence-electron chi connectivity index (χ1n) is 9.06. The second-order valence-electron chi connectivity index (χ2n) is 7.17.